The quantitative estimate of drug-likeness (QED) is 0.509. The van der Waals surface area contributed by atoms with Gasteiger partial charge in [-0.3, -0.25) is 19.3 Å². The summed E-state index contributed by atoms with van der Waals surface area (Å²) in [5, 5.41) is 19.0. The van der Waals surface area contributed by atoms with Crippen LogP contribution < -0.4 is 0 Å². The van der Waals surface area contributed by atoms with Gasteiger partial charge in [-0.25, -0.2) is 0 Å². The zero-order valence-corrected chi connectivity index (χ0v) is 17.4. The Balaban J connectivity index is 1.52. The number of carboxylic acids is 2. The van der Waals surface area contributed by atoms with Crippen LogP contribution in [0.3, 0.4) is 0 Å². The molecule has 7 nitrogen and oxygen atoms in total. The molecule has 0 bridgehead atoms. The minimum atomic E-state index is -1.04. The second-order valence-electron chi connectivity index (χ2n) is 7.83. The number of benzene rings is 2. The second kappa shape index (κ2) is 10.7. The van der Waals surface area contributed by atoms with Crippen LogP contribution in [0, 0.1) is 0 Å². The van der Waals surface area contributed by atoms with E-state index in [1.165, 1.54) is 4.90 Å². The van der Waals surface area contributed by atoms with Crippen molar-refractivity contribution in [2.45, 2.75) is 38.3 Å². The third-order valence-corrected chi connectivity index (χ3v) is 5.65. The maximum atomic E-state index is 12.4. The van der Waals surface area contributed by atoms with Crippen molar-refractivity contribution in [2.24, 2.45) is 0 Å². The van der Waals surface area contributed by atoms with Crippen molar-refractivity contribution >= 4 is 17.8 Å². The van der Waals surface area contributed by atoms with Crippen LogP contribution in [0.15, 0.2) is 54.6 Å². The lowest BCUT2D eigenvalue weighted by atomic mass is 10.1. The lowest BCUT2D eigenvalue weighted by molar-refractivity contribution is -0.146. The molecule has 2 aromatic carbocycles. The summed E-state index contributed by atoms with van der Waals surface area (Å²) in [7, 11) is 0. The van der Waals surface area contributed by atoms with Gasteiger partial charge in [-0.15, -0.1) is 0 Å². The van der Waals surface area contributed by atoms with Crippen molar-refractivity contribution < 1.29 is 24.6 Å². The Morgan fingerprint density at radius 1 is 1.00 bits per heavy atom. The number of carbonyl (C=O) groups is 3. The Morgan fingerprint density at radius 2 is 1.71 bits per heavy atom. The summed E-state index contributed by atoms with van der Waals surface area (Å²) in [5.41, 5.74) is 2.79. The Morgan fingerprint density at radius 3 is 2.39 bits per heavy atom. The molecule has 0 saturated carbocycles. The maximum absolute atomic E-state index is 12.4. The number of fused-ring (bicyclic) bond motifs is 1. The van der Waals surface area contributed by atoms with Gasteiger partial charge in [0.2, 0.25) is 0 Å². The van der Waals surface area contributed by atoms with E-state index >= 15 is 0 Å². The Kier molecular flexibility index (Phi) is 7.78. The number of hydrogen-bond acceptors (Lipinski definition) is 4. The summed E-state index contributed by atoms with van der Waals surface area (Å²) < 4.78 is 0. The molecule has 0 spiro atoms. The van der Waals surface area contributed by atoms with Gasteiger partial charge in [-0.05, 0) is 42.9 Å². The molecular formula is C24H28N2O5. The van der Waals surface area contributed by atoms with E-state index in [1.807, 2.05) is 54.6 Å². The highest BCUT2D eigenvalue weighted by atomic mass is 16.4. The van der Waals surface area contributed by atoms with E-state index in [-0.39, 0.29) is 12.5 Å². The van der Waals surface area contributed by atoms with Crippen LogP contribution in [-0.4, -0.2) is 63.5 Å². The first-order valence-electron chi connectivity index (χ1n) is 10.6. The van der Waals surface area contributed by atoms with Gasteiger partial charge < -0.3 is 15.1 Å². The molecule has 1 amide bonds. The van der Waals surface area contributed by atoms with Crippen molar-refractivity contribution in [3.63, 3.8) is 0 Å². The number of unbranched alkanes of at least 4 members (excludes halogenated alkanes) is 1. The zero-order valence-electron chi connectivity index (χ0n) is 17.4. The van der Waals surface area contributed by atoms with Gasteiger partial charge >= 0.3 is 11.9 Å². The first-order chi connectivity index (χ1) is 15.0. The highest BCUT2D eigenvalue weighted by Crippen LogP contribution is 2.23. The third kappa shape index (κ3) is 6.15. The molecule has 0 unspecified atom stereocenters. The van der Waals surface area contributed by atoms with Crippen molar-refractivity contribution in [3.8, 4) is 0 Å². The van der Waals surface area contributed by atoms with Crippen molar-refractivity contribution in [1.82, 2.24) is 9.80 Å². The smallest absolute Gasteiger partial charge is 0.320 e. The fraction of sp³-hybridized carbons (Fsp3) is 0.375. The molecule has 1 aliphatic heterocycles. The van der Waals surface area contributed by atoms with E-state index < -0.39 is 18.0 Å². The minimum Gasteiger partial charge on any atom is -0.480 e. The molecule has 0 saturated heterocycles. The van der Waals surface area contributed by atoms with Gasteiger partial charge in [0.1, 0.15) is 6.04 Å². The molecule has 0 aliphatic carbocycles. The number of nitrogens with zero attached hydrogens (tertiary/aromatic N) is 2. The fourth-order valence-electron chi connectivity index (χ4n) is 4.03. The Hall–Kier alpha value is -3.19. The van der Waals surface area contributed by atoms with Crippen LogP contribution in [0.5, 0.6) is 0 Å². The lowest BCUT2D eigenvalue weighted by Crippen LogP contribution is -2.45. The van der Waals surface area contributed by atoms with Crippen LogP contribution >= 0.6 is 0 Å². The fourth-order valence-corrected chi connectivity index (χ4v) is 4.03. The summed E-state index contributed by atoms with van der Waals surface area (Å²) in [6.07, 6.45) is 2.19. The van der Waals surface area contributed by atoms with Crippen LogP contribution in [0.4, 0.5) is 0 Å². The number of carboxylic acid groups (broad SMARTS) is 2. The van der Waals surface area contributed by atoms with E-state index in [9.17, 15) is 24.6 Å². The van der Waals surface area contributed by atoms with Crippen molar-refractivity contribution in [3.05, 3.63) is 71.3 Å². The summed E-state index contributed by atoms with van der Waals surface area (Å²) in [6.45, 7) is 1.18. The molecule has 0 fully saturated rings. The van der Waals surface area contributed by atoms with Gasteiger partial charge in [-0.1, -0.05) is 48.5 Å². The van der Waals surface area contributed by atoms with E-state index in [4.69, 9.17) is 0 Å². The molecule has 7 heteroatoms. The predicted molar refractivity (Wildman–Crippen MR) is 116 cm³/mol. The van der Waals surface area contributed by atoms with Crippen LogP contribution in [0.1, 0.15) is 40.7 Å². The van der Waals surface area contributed by atoms with E-state index in [1.54, 1.807) is 4.90 Å². The molecule has 1 atom stereocenters. The molecular weight excluding hydrogens is 396 g/mol. The predicted octanol–water partition coefficient (Wildman–Crippen LogP) is 2.90. The molecule has 0 aromatic heterocycles. The number of amides is 1. The Labute approximate surface area is 181 Å². The van der Waals surface area contributed by atoms with E-state index in [0.29, 0.717) is 45.3 Å². The monoisotopic (exact) mass is 424 g/mol. The minimum absolute atomic E-state index is 0.0146. The normalized spacial score (nSPS) is 14.0. The molecule has 1 heterocycles. The third-order valence-electron chi connectivity index (χ3n) is 5.65. The molecule has 2 aromatic rings. The zero-order chi connectivity index (χ0) is 22.2. The summed E-state index contributed by atoms with van der Waals surface area (Å²) in [4.78, 5) is 38.9. The van der Waals surface area contributed by atoms with Gasteiger partial charge in [0.05, 0.1) is 6.54 Å². The standard InChI is InChI=1S/C24H28N2O5/c27-22(28)17-25(15-13-18-8-2-1-3-9-18)21(24(30)31)12-6-7-14-26-16-19-10-4-5-11-20(19)23(26)29/h1-5,8-11,21H,6-7,12-17H2,(H,27,28)(H,30,31)/t21-/m1/s1. The van der Waals surface area contributed by atoms with Gasteiger partial charge in [0.15, 0.2) is 0 Å². The van der Waals surface area contributed by atoms with Crippen LogP contribution in [0.25, 0.3) is 0 Å². The topological polar surface area (TPSA) is 98.2 Å². The molecule has 2 N–H and O–H groups in total. The van der Waals surface area contributed by atoms with Gasteiger partial charge in [-0.2, -0.15) is 0 Å². The van der Waals surface area contributed by atoms with Crippen LogP contribution in [0.2, 0.25) is 0 Å². The molecule has 3 rings (SSSR count). The molecule has 164 valence electrons. The number of rotatable bonds is 12. The number of carbonyl (C=O) groups excluding carboxylic acids is 1. The average Bonchev–Trinajstić information content (AvgIpc) is 3.07. The molecule has 1 aliphatic rings. The molecule has 0 radical (unpaired) electrons. The van der Waals surface area contributed by atoms with E-state index in [2.05, 4.69) is 0 Å². The first-order valence-corrected chi connectivity index (χ1v) is 10.6. The van der Waals surface area contributed by atoms with Gasteiger partial charge in [0, 0.05) is 25.2 Å². The number of hydrogen-bond donors (Lipinski definition) is 2. The summed E-state index contributed by atoms with van der Waals surface area (Å²) in [6, 6.07) is 16.3. The first kappa shape index (κ1) is 22.5. The Bertz CT molecular complexity index is 915. The van der Waals surface area contributed by atoms with Crippen molar-refractivity contribution in [2.75, 3.05) is 19.6 Å². The second-order valence-corrected chi connectivity index (χ2v) is 7.83. The average molecular weight is 424 g/mol. The van der Waals surface area contributed by atoms with Gasteiger partial charge in [0.25, 0.3) is 5.91 Å². The summed E-state index contributed by atoms with van der Waals surface area (Å²) >= 11 is 0. The highest BCUT2D eigenvalue weighted by Gasteiger charge is 2.28. The largest absolute Gasteiger partial charge is 0.480 e. The lowest BCUT2D eigenvalue weighted by Gasteiger charge is -2.27. The maximum Gasteiger partial charge on any atom is 0.320 e. The summed E-state index contributed by atoms with van der Waals surface area (Å²) in [5.74, 6) is -2.04. The van der Waals surface area contributed by atoms with Crippen molar-refractivity contribution in [1.29, 1.82) is 0 Å². The molecule has 31 heavy (non-hydrogen) atoms. The highest BCUT2D eigenvalue weighted by molar-refractivity contribution is 5.98. The van der Waals surface area contributed by atoms with Crippen LogP contribution in [-0.2, 0) is 22.6 Å². The van der Waals surface area contributed by atoms with E-state index in [0.717, 1.165) is 16.7 Å². The number of aliphatic carboxylic acids is 2. The SMILES string of the molecule is O=C(O)CN(CCc1ccccc1)[C@H](CCCCN1Cc2ccccc2C1=O)C(=O)O.